The Morgan fingerprint density at radius 3 is 2.50 bits per heavy atom. The summed E-state index contributed by atoms with van der Waals surface area (Å²) in [4.78, 5) is 27.8. The first-order valence-electron chi connectivity index (χ1n) is 9.85. The molecule has 0 saturated carbocycles. The third-order valence-corrected chi connectivity index (χ3v) is 5.45. The average molecular weight is 379 g/mol. The van der Waals surface area contributed by atoms with Gasteiger partial charge in [0.1, 0.15) is 12.1 Å². The van der Waals surface area contributed by atoms with E-state index in [0.29, 0.717) is 16.6 Å². The second-order valence-corrected chi connectivity index (χ2v) is 7.45. The molecule has 1 saturated heterocycles. The van der Waals surface area contributed by atoms with Gasteiger partial charge in [0.15, 0.2) is 0 Å². The lowest BCUT2D eigenvalue weighted by Crippen LogP contribution is -2.38. The number of carbonyl (C=O) groups is 1. The van der Waals surface area contributed by atoms with Gasteiger partial charge in [0.2, 0.25) is 5.91 Å². The number of aromatic nitrogens is 4. The van der Waals surface area contributed by atoms with E-state index in [1.807, 2.05) is 43.0 Å². The highest BCUT2D eigenvalue weighted by Crippen LogP contribution is 2.19. The van der Waals surface area contributed by atoms with E-state index < -0.39 is 0 Å². The normalized spacial score (nSPS) is 15.0. The van der Waals surface area contributed by atoms with Crippen molar-refractivity contribution in [3.63, 3.8) is 0 Å². The summed E-state index contributed by atoms with van der Waals surface area (Å²) in [5.41, 5.74) is 2.74. The molecule has 7 heteroatoms. The number of hydrogen-bond donors (Lipinski definition) is 0. The highest BCUT2D eigenvalue weighted by Gasteiger charge is 2.20. The molecule has 146 valence electrons. The van der Waals surface area contributed by atoms with Crippen LogP contribution in [-0.4, -0.2) is 43.5 Å². The Labute approximate surface area is 163 Å². The summed E-state index contributed by atoms with van der Waals surface area (Å²) < 4.78 is 2.95. The Kier molecular flexibility index (Phi) is 4.98. The topological polar surface area (TPSA) is 73.0 Å². The maximum Gasteiger partial charge on any atom is 0.293 e. The molecule has 3 heterocycles. The van der Waals surface area contributed by atoms with E-state index in [9.17, 15) is 9.59 Å². The van der Waals surface area contributed by atoms with Gasteiger partial charge in [0.25, 0.3) is 5.56 Å². The summed E-state index contributed by atoms with van der Waals surface area (Å²) in [6, 6.07) is 7.79. The number of likely N-dealkylation sites (tertiary alicyclic amines) is 1. The lowest BCUT2D eigenvalue weighted by molar-refractivity contribution is -0.132. The van der Waals surface area contributed by atoms with E-state index in [1.165, 1.54) is 4.68 Å². The molecular formula is C21H25N5O2. The minimum atomic E-state index is -0.287. The number of rotatable bonds is 3. The molecule has 1 fully saturated rings. The fourth-order valence-corrected chi connectivity index (χ4v) is 3.86. The first-order valence-corrected chi connectivity index (χ1v) is 9.85. The highest BCUT2D eigenvalue weighted by atomic mass is 16.2. The van der Waals surface area contributed by atoms with E-state index in [4.69, 9.17) is 0 Å². The fraction of sp³-hybridized carbons (Fsp3) is 0.429. The summed E-state index contributed by atoms with van der Waals surface area (Å²) in [6.07, 6.45) is 6.02. The van der Waals surface area contributed by atoms with Gasteiger partial charge in [-0.3, -0.25) is 9.59 Å². The molecule has 0 atom stereocenters. The standard InChI is InChI=1S/C21H25N5O2/c1-15-9-5-6-10-18(15)26-20-17(13-22-26)16(2)23-25(21(20)28)14-19(27)24-11-7-3-4-8-12-24/h5-6,9-10,13H,3-4,7-8,11-12,14H2,1-2H3. The van der Waals surface area contributed by atoms with Crippen molar-refractivity contribution in [3.05, 3.63) is 52.1 Å². The van der Waals surface area contributed by atoms with Gasteiger partial charge in [0.05, 0.1) is 17.6 Å². The van der Waals surface area contributed by atoms with E-state index in [1.54, 1.807) is 10.9 Å². The van der Waals surface area contributed by atoms with Crippen molar-refractivity contribution >= 4 is 16.8 Å². The van der Waals surface area contributed by atoms with Crippen LogP contribution in [0.4, 0.5) is 0 Å². The SMILES string of the molecule is Cc1ccccc1-n1ncc2c(C)nn(CC(=O)N3CCCCCC3)c(=O)c21. The molecule has 0 spiro atoms. The van der Waals surface area contributed by atoms with Gasteiger partial charge in [-0.25, -0.2) is 9.36 Å². The van der Waals surface area contributed by atoms with Gasteiger partial charge < -0.3 is 4.90 Å². The number of para-hydroxylation sites is 1. The Morgan fingerprint density at radius 2 is 1.79 bits per heavy atom. The number of carbonyl (C=O) groups excluding carboxylic acids is 1. The number of nitrogens with zero attached hydrogens (tertiary/aromatic N) is 5. The van der Waals surface area contributed by atoms with Crippen LogP contribution in [0, 0.1) is 13.8 Å². The number of hydrogen-bond acceptors (Lipinski definition) is 4. The molecule has 1 aliphatic rings. The second-order valence-electron chi connectivity index (χ2n) is 7.45. The number of amides is 1. The lowest BCUT2D eigenvalue weighted by Gasteiger charge is -2.20. The van der Waals surface area contributed by atoms with Crippen LogP contribution in [0.5, 0.6) is 0 Å². The second kappa shape index (κ2) is 7.58. The van der Waals surface area contributed by atoms with Crippen LogP contribution in [0.15, 0.2) is 35.3 Å². The zero-order chi connectivity index (χ0) is 19.7. The minimum absolute atomic E-state index is 0.0332. The van der Waals surface area contributed by atoms with E-state index in [0.717, 1.165) is 50.0 Å². The van der Waals surface area contributed by atoms with Crippen LogP contribution in [0.3, 0.4) is 0 Å². The van der Waals surface area contributed by atoms with Crippen LogP contribution in [0.25, 0.3) is 16.6 Å². The van der Waals surface area contributed by atoms with Gasteiger partial charge in [-0.1, -0.05) is 31.0 Å². The molecule has 0 unspecified atom stereocenters. The molecule has 4 rings (SSSR count). The Balaban J connectivity index is 1.75. The third-order valence-electron chi connectivity index (χ3n) is 5.45. The Morgan fingerprint density at radius 1 is 1.07 bits per heavy atom. The first kappa shape index (κ1) is 18.4. The molecule has 1 aromatic carbocycles. The minimum Gasteiger partial charge on any atom is -0.341 e. The lowest BCUT2D eigenvalue weighted by atomic mass is 10.2. The summed E-state index contributed by atoms with van der Waals surface area (Å²) in [5, 5.41) is 9.54. The molecule has 1 amide bonds. The molecule has 0 aliphatic carbocycles. The molecule has 3 aromatic rings. The summed E-state index contributed by atoms with van der Waals surface area (Å²) >= 11 is 0. The largest absolute Gasteiger partial charge is 0.341 e. The summed E-state index contributed by atoms with van der Waals surface area (Å²) in [7, 11) is 0. The Hall–Kier alpha value is -2.96. The Bertz CT molecular complexity index is 1070. The van der Waals surface area contributed by atoms with Gasteiger partial charge in [-0.2, -0.15) is 10.2 Å². The molecule has 0 radical (unpaired) electrons. The van der Waals surface area contributed by atoms with Gasteiger partial charge in [-0.05, 0) is 38.3 Å². The van der Waals surface area contributed by atoms with Crippen LogP contribution >= 0.6 is 0 Å². The molecule has 2 aromatic heterocycles. The van der Waals surface area contributed by atoms with Crippen molar-refractivity contribution in [1.29, 1.82) is 0 Å². The first-order chi connectivity index (χ1) is 13.6. The van der Waals surface area contributed by atoms with E-state index >= 15 is 0 Å². The van der Waals surface area contributed by atoms with Crippen molar-refractivity contribution in [2.45, 2.75) is 46.1 Å². The van der Waals surface area contributed by atoms with E-state index in [-0.39, 0.29) is 18.0 Å². The van der Waals surface area contributed by atoms with Crippen LogP contribution in [-0.2, 0) is 11.3 Å². The third kappa shape index (κ3) is 3.32. The predicted octanol–water partition coefficient (Wildman–Crippen LogP) is 2.60. The average Bonchev–Trinajstić information content (AvgIpc) is 2.94. The van der Waals surface area contributed by atoms with Crippen molar-refractivity contribution in [3.8, 4) is 5.69 Å². The molecule has 0 N–H and O–H groups in total. The van der Waals surface area contributed by atoms with Crippen LogP contribution in [0.1, 0.15) is 36.9 Å². The molecule has 1 aliphatic heterocycles. The van der Waals surface area contributed by atoms with Crippen molar-refractivity contribution in [2.75, 3.05) is 13.1 Å². The molecular weight excluding hydrogens is 354 g/mol. The predicted molar refractivity (Wildman–Crippen MR) is 108 cm³/mol. The number of fused-ring (bicyclic) bond motifs is 1. The van der Waals surface area contributed by atoms with Gasteiger partial charge >= 0.3 is 0 Å². The molecule has 7 nitrogen and oxygen atoms in total. The maximum absolute atomic E-state index is 13.2. The number of aryl methyl sites for hydroxylation is 2. The van der Waals surface area contributed by atoms with Gasteiger partial charge in [0, 0.05) is 18.5 Å². The maximum atomic E-state index is 13.2. The molecule has 0 bridgehead atoms. The monoisotopic (exact) mass is 379 g/mol. The highest BCUT2D eigenvalue weighted by molar-refractivity contribution is 5.82. The van der Waals surface area contributed by atoms with Gasteiger partial charge in [-0.15, -0.1) is 0 Å². The summed E-state index contributed by atoms with van der Waals surface area (Å²) in [5.74, 6) is -0.0443. The smallest absolute Gasteiger partial charge is 0.293 e. The quantitative estimate of drug-likeness (QED) is 0.701. The zero-order valence-corrected chi connectivity index (χ0v) is 16.4. The molecule has 28 heavy (non-hydrogen) atoms. The van der Waals surface area contributed by atoms with Crippen molar-refractivity contribution < 1.29 is 4.79 Å². The van der Waals surface area contributed by atoms with Crippen LogP contribution in [0.2, 0.25) is 0 Å². The van der Waals surface area contributed by atoms with E-state index in [2.05, 4.69) is 10.2 Å². The zero-order valence-electron chi connectivity index (χ0n) is 16.4. The van der Waals surface area contributed by atoms with Crippen molar-refractivity contribution in [2.24, 2.45) is 0 Å². The summed E-state index contributed by atoms with van der Waals surface area (Å²) in [6.45, 7) is 5.32. The van der Waals surface area contributed by atoms with Crippen LogP contribution < -0.4 is 5.56 Å². The fourth-order valence-electron chi connectivity index (χ4n) is 3.86. The van der Waals surface area contributed by atoms with Crippen molar-refractivity contribution in [1.82, 2.24) is 24.5 Å². The number of benzene rings is 1.